The summed E-state index contributed by atoms with van der Waals surface area (Å²) >= 11 is 1.79. The number of hydrogen-bond acceptors (Lipinski definition) is 5. The van der Waals surface area contributed by atoms with Gasteiger partial charge >= 0.3 is 0 Å². The monoisotopic (exact) mass is 261 g/mol. The Morgan fingerprint density at radius 3 is 3.11 bits per heavy atom. The van der Waals surface area contributed by atoms with E-state index in [9.17, 15) is 0 Å². The molecule has 2 aromatic rings. The molecule has 0 aliphatic carbocycles. The molecule has 0 atom stereocenters. The molecule has 0 bridgehead atoms. The van der Waals surface area contributed by atoms with Gasteiger partial charge in [0.05, 0.1) is 5.75 Å². The first-order valence-electron chi connectivity index (χ1n) is 6.10. The summed E-state index contributed by atoms with van der Waals surface area (Å²) in [4.78, 5) is 4.42. The predicted octanol–water partition coefficient (Wildman–Crippen LogP) is 2.59. The van der Waals surface area contributed by atoms with E-state index in [-0.39, 0.29) is 0 Å². The SMILES string of the molecule is CCSCc1noc(-c2ccc3c(c2)CNC3)n1. The third kappa shape index (κ3) is 2.28. The third-order valence-electron chi connectivity index (χ3n) is 2.99. The Kier molecular flexibility index (Phi) is 3.34. The minimum absolute atomic E-state index is 0.622. The molecule has 1 aromatic carbocycles. The first-order valence-corrected chi connectivity index (χ1v) is 7.25. The van der Waals surface area contributed by atoms with Crippen molar-refractivity contribution in [1.82, 2.24) is 15.5 Å². The van der Waals surface area contributed by atoms with Crippen molar-refractivity contribution in [3.05, 3.63) is 35.2 Å². The average Bonchev–Trinajstić information content (AvgIpc) is 3.04. The van der Waals surface area contributed by atoms with Crippen LogP contribution in [0.2, 0.25) is 0 Å². The lowest BCUT2D eigenvalue weighted by Gasteiger charge is -1.99. The first-order chi connectivity index (χ1) is 8.86. The number of fused-ring (bicyclic) bond motifs is 1. The van der Waals surface area contributed by atoms with E-state index < -0.39 is 0 Å². The molecule has 5 heteroatoms. The van der Waals surface area contributed by atoms with E-state index >= 15 is 0 Å². The lowest BCUT2D eigenvalue weighted by atomic mass is 10.1. The second kappa shape index (κ2) is 5.12. The van der Waals surface area contributed by atoms with Gasteiger partial charge in [0.1, 0.15) is 0 Å². The van der Waals surface area contributed by atoms with E-state index in [2.05, 4.69) is 40.6 Å². The molecular formula is C13H15N3OS. The molecule has 2 heterocycles. The third-order valence-corrected chi connectivity index (χ3v) is 3.86. The number of aromatic nitrogens is 2. The van der Waals surface area contributed by atoms with Crippen LogP contribution >= 0.6 is 11.8 Å². The molecule has 1 N–H and O–H groups in total. The van der Waals surface area contributed by atoms with Gasteiger partial charge in [-0.3, -0.25) is 0 Å². The molecule has 0 amide bonds. The zero-order valence-electron chi connectivity index (χ0n) is 10.3. The van der Waals surface area contributed by atoms with Crippen LogP contribution < -0.4 is 5.32 Å². The standard InChI is InChI=1S/C13H15N3OS/c1-2-18-8-12-15-13(17-16-12)9-3-4-10-6-14-7-11(10)5-9/h3-5,14H,2,6-8H2,1H3. The summed E-state index contributed by atoms with van der Waals surface area (Å²) in [6.45, 7) is 4.01. The van der Waals surface area contributed by atoms with Gasteiger partial charge in [-0.2, -0.15) is 16.7 Å². The zero-order valence-corrected chi connectivity index (χ0v) is 11.1. The summed E-state index contributed by atoms with van der Waals surface area (Å²) in [5.74, 6) is 3.27. The Morgan fingerprint density at radius 2 is 2.22 bits per heavy atom. The quantitative estimate of drug-likeness (QED) is 0.916. The lowest BCUT2D eigenvalue weighted by molar-refractivity contribution is 0.425. The zero-order chi connectivity index (χ0) is 12.4. The van der Waals surface area contributed by atoms with Gasteiger partial charge in [0, 0.05) is 18.7 Å². The second-order valence-electron chi connectivity index (χ2n) is 4.24. The van der Waals surface area contributed by atoms with Crippen molar-refractivity contribution in [2.75, 3.05) is 5.75 Å². The van der Waals surface area contributed by atoms with Crippen LogP contribution in [-0.2, 0) is 18.8 Å². The largest absolute Gasteiger partial charge is 0.334 e. The summed E-state index contributed by atoms with van der Waals surface area (Å²) in [5, 5.41) is 7.33. The lowest BCUT2D eigenvalue weighted by Crippen LogP contribution is -1.99. The maximum absolute atomic E-state index is 5.31. The summed E-state index contributed by atoms with van der Waals surface area (Å²) in [5.41, 5.74) is 3.70. The number of benzene rings is 1. The average molecular weight is 261 g/mol. The smallest absolute Gasteiger partial charge is 0.257 e. The highest BCUT2D eigenvalue weighted by Gasteiger charge is 2.14. The number of nitrogens with one attached hydrogen (secondary N) is 1. The highest BCUT2D eigenvalue weighted by atomic mass is 32.2. The predicted molar refractivity (Wildman–Crippen MR) is 72.1 cm³/mol. The molecule has 0 radical (unpaired) electrons. The van der Waals surface area contributed by atoms with Gasteiger partial charge in [-0.25, -0.2) is 0 Å². The molecule has 0 fully saturated rings. The Balaban J connectivity index is 1.83. The molecule has 0 saturated carbocycles. The van der Waals surface area contributed by atoms with Gasteiger partial charge in [0.2, 0.25) is 0 Å². The van der Waals surface area contributed by atoms with Crippen LogP contribution in [-0.4, -0.2) is 15.9 Å². The number of nitrogens with zero attached hydrogens (tertiary/aromatic N) is 2. The van der Waals surface area contributed by atoms with Crippen molar-refractivity contribution in [3.63, 3.8) is 0 Å². The van der Waals surface area contributed by atoms with E-state index in [1.807, 2.05) is 0 Å². The Bertz CT molecular complexity index is 553. The van der Waals surface area contributed by atoms with E-state index in [4.69, 9.17) is 4.52 Å². The van der Waals surface area contributed by atoms with Gasteiger partial charge in [0.25, 0.3) is 5.89 Å². The molecule has 0 unspecified atom stereocenters. The fraction of sp³-hybridized carbons (Fsp3) is 0.385. The molecule has 0 spiro atoms. The molecule has 18 heavy (non-hydrogen) atoms. The molecule has 1 aromatic heterocycles. The van der Waals surface area contributed by atoms with Crippen LogP contribution in [0, 0.1) is 0 Å². The molecule has 4 nitrogen and oxygen atoms in total. The van der Waals surface area contributed by atoms with Crippen molar-refractivity contribution in [2.24, 2.45) is 0 Å². The molecule has 0 saturated heterocycles. The Labute approximate surface area is 110 Å². The minimum atomic E-state index is 0.622. The fourth-order valence-electron chi connectivity index (χ4n) is 2.05. The van der Waals surface area contributed by atoms with E-state index in [1.54, 1.807) is 11.8 Å². The van der Waals surface area contributed by atoms with Crippen molar-refractivity contribution >= 4 is 11.8 Å². The van der Waals surface area contributed by atoms with Crippen LogP contribution in [0.25, 0.3) is 11.5 Å². The number of thioether (sulfide) groups is 1. The van der Waals surface area contributed by atoms with Crippen LogP contribution in [0.15, 0.2) is 22.7 Å². The topological polar surface area (TPSA) is 51.0 Å². The van der Waals surface area contributed by atoms with Gasteiger partial charge in [-0.1, -0.05) is 18.1 Å². The van der Waals surface area contributed by atoms with Crippen molar-refractivity contribution < 1.29 is 4.52 Å². The molecule has 1 aliphatic rings. The van der Waals surface area contributed by atoms with Gasteiger partial charge in [0.15, 0.2) is 5.82 Å². The van der Waals surface area contributed by atoms with Crippen molar-refractivity contribution in [2.45, 2.75) is 25.8 Å². The maximum atomic E-state index is 5.31. The Morgan fingerprint density at radius 1 is 1.33 bits per heavy atom. The van der Waals surface area contributed by atoms with Crippen LogP contribution in [0.1, 0.15) is 23.9 Å². The van der Waals surface area contributed by atoms with Gasteiger partial charge in [-0.15, -0.1) is 0 Å². The van der Waals surface area contributed by atoms with Crippen LogP contribution in [0.5, 0.6) is 0 Å². The highest BCUT2D eigenvalue weighted by molar-refractivity contribution is 7.98. The number of hydrogen-bond donors (Lipinski definition) is 1. The molecular weight excluding hydrogens is 246 g/mol. The fourth-order valence-corrected chi connectivity index (χ4v) is 2.55. The summed E-state index contributed by atoms with van der Waals surface area (Å²) in [6, 6.07) is 6.32. The normalized spacial score (nSPS) is 13.8. The maximum Gasteiger partial charge on any atom is 0.257 e. The summed E-state index contributed by atoms with van der Waals surface area (Å²) in [6.07, 6.45) is 0. The second-order valence-corrected chi connectivity index (χ2v) is 5.51. The van der Waals surface area contributed by atoms with Crippen LogP contribution in [0.3, 0.4) is 0 Å². The van der Waals surface area contributed by atoms with E-state index in [1.165, 1.54) is 11.1 Å². The highest BCUT2D eigenvalue weighted by Crippen LogP contribution is 2.24. The minimum Gasteiger partial charge on any atom is -0.334 e. The van der Waals surface area contributed by atoms with Crippen molar-refractivity contribution in [3.8, 4) is 11.5 Å². The summed E-state index contributed by atoms with van der Waals surface area (Å²) in [7, 11) is 0. The summed E-state index contributed by atoms with van der Waals surface area (Å²) < 4.78 is 5.31. The van der Waals surface area contributed by atoms with Gasteiger partial charge in [-0.05, 0) is 29.0 Å². The molecule has 1 aliphatic heterocycles. The molecule has 3 rings (SSSR count). The van der Waals surface area contributed by atoms with Crippen LogP contribution in [0.4, 0.5) is 0 Å². The van der Waals surface area contributed by atoms with E-state index in [0.29, 0.717) is 5.89 Å². The van der Waals surface area contributed by atoms with E-state index in [0.717, 1.165) is 36.0 Å². The Hall–Kier alpha value is -1.33. The van der Waals surface area contributed by atoms with Crippen molar-refractivity contribution in [1.29, 1.82) is 0 Å². The first kappa shape index (κ1) is 11.7. The number of rotatable bonds is 4. The van der Waals surface area contributed by atoms with Gasteiger partial charge < -0.3 is 9.84 Å². The molecule has 94 valence electrons.